The van der Waals surface area contributed by atoms with Crippen molar-refractivity contribution in [2.24, 2.45) is 11.5 Å². The zero-order valence-corrected chi connectivity index (χ0v) is 21.5. The molecular weight excluding hydrogens is 490 g/mol. The van der Waals surface area contributed by atoms with E-state index in [1.165, 1.54) is 0 Å². The molecule has 0 saturated carbocycles. The van der Waals surface area contributed by atoms with Crippen LogP contribution in [0.5, 0.6) is 0 Å². The summed E-state index contributed by atoms with van der Waals surface area (Å²) in [7, 11) is -3.44. The molecule has 2 saturated heterocycles. The Kier molecular flexibility index (Phi) is 7.06. The van der Waals surface area contributed by atoms with Crippen LogP contribution in [0, 0.1) is 0 Å². The van der Waals surface area contributed by atoms with Crippen LogP contribution in [0.1, 0.15) is 47.5 Å². The second-order valence-electron chi connectivity index (χ2n) is 10.0. The van der Waals surface area contributed by atoms with Crippen LogP contribution in [0.4, 0.5) is 0 Å². The molecule has 1 aromatic heterocycles. The molecule has 2 aromatic carbocycles. The Hall–Kier alpha value is -3.21. The number of primary amides is 2. The summed E-state index contributed by atoms with van der Waals surface area (Å²) in [6.07, 6.45) is 4.84. The van der Waals surface area contributed by atoms with Gasteiger partial charge in [0.1, 0.15) is 0 Å². The summed E-state index contributed by atoms with van der Waals surface area (Å²) in [5, 5.41) is 0.947. The molecule has 196 valence electrons. The highest BCUT2D eigenvalue weighted by Gasteiger charge is 2.33. The quantitative estimate of drug-likeness (QED) is 0.416. The van der Waals surface area contributed by atoms with Crippen LogP contribution in [0.2, 0.25) is 0 Å². The number of carbonyl (C=O) groups excluding carboxylic acids is 2. The molecule has 37 heavy (non-hydrogen) atoms. The smallest absolute Gasteiger partial charge is 0.250 e. The largest absolute Gasteiger partial charge is 0.368 e. The number of aromatic amines is 1. The first-order valence-electron chi connectivity index (χ1n) is 12.8. The third kappa shape index (κ3) is 5.14. The molecule has 3 heterocycles. The molecule has 1 atom stereocenters. The van der Waals surface area contributed by atoms with E-state index in [4.69, 9.17) is 11.5 Å². The van der Waals surface area contributed by atoms with E-state index in [1.807, 2.05) is 47.5 Å². The molecule has 0 spiro atoms. The molecule has 0 radical (unpaired) electrons. The van der Waals surface area contributed by atoms with Gasteiger partial charge in [-0.2, -0.15) is 0 Å². The van der Waals surface area contributed by atoms with Gasteiger partial charge in [-0.3, -0.25) is 14.5 Å². The predicted octanol–water partition coefficient (Wildman–Crippen LogP) is 2.39. The van der Waals surface area contributed by atoms with Gasteiger partial charge in [0.05, 0.1) is 22.9 Å². The van der Waals surface area contributed by atoms with E-state index >= 15 is 0 Å². The Morgan fingerprint density at radius 2 is 1.70 bits per heavy atom. The maximum Gasteiger partial charge on any atom is 0.250 e. The summed E-state index contributed by atoms with van der Waals surface area (Å²) in [4.78, 5) is 29.0. The van der Waals surface area contributed by atoms with Gasteiger partial charge >= 0.3 is 0 Å². The molecular formula is C27H33N5O4S. The van der Waals surface area contributed by atoms with Crippen LogP contribution in [-0.2, 0) is 14.8 Å². The Labute approximate surface area is 216 Å². The summed E-state index contributed by atoms with van der Waals surface area (Å²) in [6, 6.07) is 13.4. The van der Waals surface area contributed by atoms with Gasteiger partial charge in [0.2, 0.25) is 15.9 Å². The number of likely N-dealkylation sites (tertiary alicyclic amines) is 1. The van der Waals surface area contributed by atoms with E-state index in [9.17, 15) is 18.0 Å². The molecule has 5 N–H and O–H groups in total. The zero-order valence-electron chi connectivity index (χ0n) is 20.7. The van der Waals surface area contributed by atoms with Gasteiger partial charge in [-0.05, 0) is 67.0 Å². The number of rotatable bonds is 8. The topological polar surface area (TPSA) is 143 Å². The Bertz CT molecular complexity index is 1410. The number of benzene rings is 2. The third-order valence-corrected chi connectivity index (χ3v) is 9.66. The van der Waals surface area contributed by atoms with Gasteiger partial charge in [-0.1, -0.05) is 30.3 Å². The van der Waals surface area contributed by atoms with E-state index in [0.717, 1.165) is 28.5 Å². The fourth-order valence-corrected chi connectivity index (χ4v) is 7.30. The van der Waals surface area contributed by atoms with Gasteiger partial charge in [-0.15, -0.1) is 0 Å². The van der Waals surface area contributed by atoms with Gasteiger partial charge in [0, 0.05) is 31.2 Å². The average Bonchev–Trinajstić information content (AvgIpc) is 3.55. The minimum atomic E-state index is -3.44. The SMILES string of the molecule is NC(=O)c1cc(-c2ccccc2)cc2c(C3CCN(S(=O)(=O)CCN4CCC[C@H]4C(N)=O)CC3)c[nH]c12. The standard InChI is InChI=1S/C27H33N5O4S/c28-26(33)22-16-20(18-5-2-1-3-6-18)15-21-23(17-30-25(21)22)19-8-11-32(12-9-19)37(35,36)14-13-31-10-4-7-24(31)27(29)34/h1-3,5-6,15-17,19,24,30H,4,7-14H2,(H2,28,33)(H2,29,34)/t24-/m0/s1. The van der Waals surface area contributed by atoms with Crippen molar-refractivity contribution >= 4 is 32.7 Å². The minimum Gasteiger partial charge on any atom is -0.368 e. The fourth-order valence-electron chi connectivity index (χ4n) is 5.80. The number of aromatic nitrogens is 1. The Morgan fingerprint density at radius 3 is 2.38 bits per heavy atom. The van der Waals surface area contributed by atoms with Gasteiger partial charge in [0.15, 0.2) is 0 Å². The van der Waals surface area contributed by atoms with Crippen LogP contribution in [0.15, 0.2) is 48.7 Å². The molecule has 0 bridgehead atoms. The monoisotopic (exact) mass is 523 g/mol. The lowest BCUT2D eigenvalue weighted by Crippen LogP contribution is -2.45. The van der Waals surface area contributed by atoms with Crippen molar-refractivity contribution in [2.75, 3.05) is 31.9 Å². The molecule has 2 aliphatic rings. The summed E-state index contributed by atoms with van der Waals surface area (Å²) in [5.74, 6) is -0.737. The lowest BCUT2D eigenvalue weighted by Gasteiger charge is -2.32. The number of nitrogens with zero attached hydrogens (tertiary/aromatic N) is 2. The number of amides is 2. The summed E-state index contributed by atoms with van der Waals surface area (Å²) < 4.78 is 27.7. The highest BCUT2D eigenvalue weighted by Crippen LogP contribution is 2.37. The highest BCUT2D eigenvalue weighted by atomic mass is 32.2. The van der Waals surface area contributed by atoms with Gasteiger partial charge in [-0.25, -0.2) is 12.7 Å². The number of piperidine rings is 1. The van der Waals surface area contributed by atoms with E-state index in [1.54, 1.807) is 4.31 Å². The van der Waals surface area contributed by atoms with Crippen molar-refractivity contribution in [3.63, 3.8) is 0 Å². The number of nitrogens with two attached hydrogens (primary N) is 2. The van der Waals surface area contributed by atoms with Crippen LogP contribution >= 0.6 is 0 Å². The first-order chi connectivity index (χ1) is 17.7. The van der Waals surface area contributed by atoms with Crippen molar-refractivity contribution in [3.05, 3.63) is 59.8 Å². The maximum absolute atomic E-state index is 13.1. The summed E-state index contributed by atoms with van der Waals surface area (Å²) >= 11 is 0. The molecule has 5 rings (SSSR count). The van der Waals surface area contributed by atoms with E-state index in [-0.39, 0.29) is 23.6 Å². The van der Waals surface area contributed by atoms with Gasteiger partial charge in [0.25, 0.3) is 5.91 Å². The van der Waals surface area contributed by atoms with Crippen molar-refractivity contribution in [1.82, 2.24) is 14.2 Å². The first kappa shape index (κ1) is 25.4. The molecule has 9 nitrogen and oxygen atoms in total. The van der Waals surface area contributed by atoms with E-state index in [0.29, 0.717) is 56.5 Å². The number of H-pyrrole nitrogens is 1. The van der Waals surface area contributed by atoms with E-state index < -0.39 is 15.9 Å². The second kappa shape index (κ2) is 10.3. The van der Waals surface area contributed by atoms with E-state index in [2.05, 4.69) is 11.1 Å². The second-order valence-corrected chi connectivity index (χ2v) is 12.1. The Morgan fingerprint density at radius 1 is 0.973 bits per heavy atom. The Balaban J connectivity index is 1.32. The summed E-state index contributed by atoms with van der Waals surface area (Å²) in [5.41, 5.74) is 15.3. The van der Waals surface area contributed by atoms with Crippen molar-refractivity contribution in [3.8, 4) is 11.1 Å². The van der Waals surface area contributed by atoms with Crippen LogP contribution < -0.4 is 11.5 Å². The predicted molar refractivity (Wildman–Crippen MR) is 143 cm³/mol. The number of carbonyl (C=O) groups is 2. The van der Waals surface area contributed by atoms with Crippen LogP contribution in [0.3, 0.4) is 0 Å². The minimum absolute atomic E-state index is 0.0169. The number of nitrogens with one attached hydrogen (secondary N) is 1. The lowest BCUT2D eigenvalue weighted by atomic mass is 9.88. The lowest BCUT2D eigenvalue weighted by molar-refractivity contribution is -0.122. The van der Waals surface area contributed by atoms with Crippen LogP contribution in [-0.4, -0.2) is 72.4 Å². The average molecular weight is 524 g/mol. The number of hydrogen-bond donors (Lipinski definition) is 3. The van der Waals surface area contributed by atoms with Crippen molar-refractivity contribution in [1.29, 1.82) is 0 Å². The van der Waals surface area contributed by atoms with Crippen LogP contribution in [0.25, 0.3) is 22.0 Å². The number of fused-ring (bicyclic) bond motifs is 1. The van der Waals surface area contributed by atoms with Gasteiger partial charge < -0.3 is 16.5 Å². The normalized spacial score (nSPS) is 19.9. The fraction of sp³-hybridized carbons (Fsp3) is 0.407. The molecule has 0 unspecified atom stereocenters. The molecule has 2 amide bonds. The molecule has 2 aliphatic heterocycles. The van der Waals surface area contributed by atoms with Crippen molar-refractivity contribution in [2.45, 2.75) is 37.6 Å². The third-order valence-electron chi connectivity index (χ3n) is 7.81. The van der Waals surface area contributed by atoms with Crippen molar-refractivity contribution < 1.29 is 18.0 Å². The molecule has 10 heteroatoms. The molecule has 3 aromatic rings. The first-order valence-corrected chi connectivity index (χ1v) is 14.4. The maximum atomic E-state index is 13.1. The number of sulfonamides is 1. The molecule has 2 fully saturated rings. The zero-order chi connectivity index (χ0) is 26.2. The number of hydrogen-bond acceptors (Lipinski definition) is 5. The summed E-state index contributed by atoms with van der Waals surface area (Å²) in [6.45, 7) is 1.88. The highest BCUT2D eigenvalue weighted by molar-refractivity contribution is 7.89. The molecule has 0 aliphatic carbocycles.